The van der Waals surface area contributed by atoms with Gasteiger partial charge in [-0.05, 0) is 48.7 Å². The van der Waals surface area contributed by atoms with Crippen molar-refractivity contribution < 1.29 is 9.53 Å². The number of ether oxygens (including phenoxy) is 1. The van der Waals surface area contributed by atoms with Gasteiger partial charge in [0.2, 0.25) is 5.91 Å². The van der Waals surface area contributed by atoms with Gasteiger partial charge in [0, 0.05) is 24.2 Å². The fourth-order valence-corrected chi connectivity index (χ4v) is 3.96. The van der Waals surface area contributed by atoms with Crippen LogP contribution in [0.5, 0.6) is 5.75 Å². The lowest BCUT2D eigenvalue weighted by molar-refractivity contribution is -0.121. The van der Waals surface area contributed by atoms with Crippen molar-refractivity contribution in [1.82, 2.24) is 24.6 Å². The van der Waals surface area contributed by atoms with E-state index in [1.807, 2.05) is 48.7 Å². The minimum Gasteiger partial charge on any atom is -0.494 e. The fourth-order valence-electron chi connectivity index (χ4n) is 3.27. The molecule has 4 rings (SSSR count). The van der Waals surface area contributed by atoms with Crippen molar-refractivity contribution in [2.75, 3.05) is 13.2 Å². The van der Waals surface area contributed by atoms with Gasteiger partial charge in [-0.15, -0.1) is 11.3 Å². The van der Waals surface area contributed by atoms with Crippen LogP contribution in [0.1, 0.15) is 6.92 Å². The van der Waals surface area contributed by atoms with Crippen molar-refractivity contribution in [2.45, 2.75) is 20.0 Å². The maximum atomic E-state index is 12.5. The highest BCUT2D eigenvalue weighted by molar-refractivity contribution is 7.13. The average Bonchev–Trinajstić information content (AvgIpc) is 3.37. The van der Waals surface area contributed by atoms with Gasteiger partial charge in [-0.3, -0.25) is 19.0 Å². The number of carbonyl (C=O) groups is 1. The normalized spacial score (nSPS) is 10.7. The number of thiophene rings is 1. The van der Waals surface area contributed by atoms with Gasteiger partial charge in [-0.1, -0.05) is 6.07 Å². The number of amides is 1. The van der Waals surface area contributed by atoms with Gasteiger partial charge >= 0.3 is 0 Å². The molecule has 9 nitrogen and oxygen atoms in total. The first-order chi connectivity index (χ1) is 16.5. The number of nitrogens with one attached hydrogen (secondary N) is 1. The van der Waals surface area contributed by atoms with Crippen LogP contribution < -0.4 is 21.2 Å². The van der Waals surface area contributed by atoms with E-state index in [9.17, 15) is 14.4 Å². The molecule has 0 atom stereocenters. The highest BCUT2D eigenvalue weighted by atomic mass is 32.1. The number of hydrogen-bond donors (Lipinski definition) is 1. The summed E-state index contributed by atoms with van der Waals surface area (Å²) in [4.78, 5) is 42.1. The molecule has 3 heterocycles. The number of carbonyl (C=O) groups excluding carboxylic acids is 1. The van der Waals surface area contributed by atoms with Gasteiger partial charge in [-0.2, -0.15) is 5.10 Å². The average molecular weight is 478 g/mol. The van der Waals surface area contributed by atoms with Crippen LogP contribution in [0.25, 0.3) is 21.8 Å². The Balaban J connectivity index is 1.34. The minimum absolute atomic E-state index is 0.174. The molecule has 1 amide bonds. The molecule has 1 aromatic carbocycles. The predicted molar refractivity (Wildman–Crippen MR) is 130 cm³/mol. The van der Waals surface area contributed by atoms with E-state index in [0.717, 1.165) is 16.2 Å². The Morgan fingerprint density at radius 2 is 1.88 bits per heavy atom. The van der Waals surface area contributed by atoms with Crippen LogP contribution in [0.2, 0.25) is 0 Å². The van der Waals surface area contributed by atoms with Crippen molar-refractivity contribution >= 4 is 17.2 Å². The Morgan fingerprint density at radius 3 is 2.59 bits per heavy atom. The first kappa shape index (κ1) is 23.1. The lowest BCUT2D eigenvalue weighted by atomic mass is 10.1. The van der Waals surface area contributed by atoms with E-state index in [-0.39, 0.29) is 36.7 Å². The molecule has 0 spiro atoms. The van der Waals surface area contributed by atoms with E-state index in [2.05, 4.69) is 15.4 Å². The van der Waals surface area contributed by atoms with Crippen molar-refractivity contribution in [1.29, 1.82) is 0 Å². The number of rotatable bonds is 9. The number of hydrogen-bond acceptors (Lipinski definition) is 7. The third-order valence-electron chi connectivity index (χ3n) is 4.94. The standard InChI is InChI=1S/C24H23N5O4S/c1-2-33-18-7-5-17(6-8-18)20-14-24(32)28(16-26-20)15-22(30)25-11-12-29-23(31)10-9-19(27-29)21-4-3-13-34-21/h3-10,13-14,16H,2,11-12,15H2,1H3,(H,25,30). The third-order valence-corrected chi connectivity index (χ3v) is 5.83. The van der Waals surface area contributed by atoms with E-state index in [1.54, 1.807) is 6.07 Å². The largest absolute Gasteiger partial charge is 0.494 e. The summed E-state index contributed by atoms with van der Waals surface area (Å²) >= 11 is 1.53. The molecule has 0 bridgehead atoms. The third kappa shape index (κ3) is 5.65. The Morgan fingerprint density at radius 1 is 1.06 bits per heavy atom. The molecule has 3 aromatic heterocycles. The first-order valence-electron chi connectivity index (χ1n) is 10.7. The van der Waals surface area contributed by atoms with Crippen LogP contribution in [-0.2, 0) is 17.9 Å². The summed E-state index contributed by atoms with van der Waals surface area (Å²) in [6, 6.07) is 15.7. The second-order valence-corrected chi connectivity index (χ2v) is 8.25. The van der Waals surface area contributed by atoms with Crippen molar-refractivity contribution in [3.05, 3.63) is 87.0 Å². The molecule has 4 aromatic rings. The lowest BCUT2D eigenvalue weighted by Gasteiger charge is -2.09. The molecule has 0 unspecified atom stereocenters. The molecule has 0 fully saturated rings. The monoisotopic (exact) mass is 477 g/mol. The smallest absolute Gasteiger partial charge is 0.266 e. The predicted octanol–water partition coefficient (Wildman–Crippen LogP) is 2.41. The summed E-state index contributed by atoms with van der Waals surface area (Å²) in [5.74, 6) is 0.382. The summed E-state index contributed by atoms with van der Waals surface area (Å²) in [6.07, 6.45) is 1.35. The van der Waals surface area contributed by atoms with E-state index in [4.69, 9.17) is 4.74 Å². The Labute approximate surface area is 199 Å². The molecule has 1 N–H and O–H groups in total. The van der Waals surface area contributed by atoms with Gasteiger partial charge in [0.25, 0.3) is 11.1 Å². The molecule has 0 aliphatic rings. The molecule has 174 valence electrons. The Hall–Kier alpha value is -4.05. The molecule has 0 saturated heterocycles. The number of benzene rings is 1. The maximum absolute atomic E-state index is 12.5. The van der Waals surface area contributed by atoms with Crippen LogP contribution in [0.4, 0.5) is 0 Å². The maximum Gasteiger partial charge on any atom is 0.266 e. The van der Waals surface area contributed by atoms with Gasteiger partial charge in [0.15, 0.2) is 0 Å². The van der Waals surface area contributed by atoms with Gasteiger partial charge in [-0.25, -0.2) is 9.67 Å². The zero-order chi connectivity index (χ0) is 23.9. The van der Waals surface area contributed by atoms with Gasteiger partial charge in [0.05, 0.1) is 30.1 Å². The molecular weight excluding hydrogens is 454 g/mol. The van der Waals surface area contributed by atoms with Crippen LogP contribution in [0.3, 0.4) is 0 Å². The van der Waals surface area contributed by atoms with E-state index in [1.165, 1.54) is 39.0 Å². The van der Waals surface area contributed by atoms with Gasteiger partial charge in [0.1, 0.15) is 18.0 Å². The fraction of sp³-hybridized carbons (Fsp3) is 0.208. The van der Waals surface area contributed by atoms with Crippen molar-refractivity contribution in [3.8, 4) is 27.6 Å². The second-order valence-electron chi connectivity index (χ2n) is 7.30. The molecule has 0 aliphatic heterocycles. The SMILES string of the molecule is CCOc1ccc(-c2cc(=O)n(CC(=O)NCCn3nc(-c4cccs4)ccc3=O)cn2)cc1. The zero-order valence-corrected chi connectivity index (χ0v) is 19.3. The molecule has 10 heteroatoms. The molecule has 34 heavy (non-hydrogen) atoms. The van der Waals surface area contributed by atoms with Crippen molar-refractivity contribution in [2.24, 2.45) is 0 Å². The minimum atomic E-state index is -0.361. The summed E-state index contributed by atoms with van der Waals surface area (Å²) in [6.45, 7) is 2.73. The molecule has 0 saturated carbocycles. The van der Waals surface area contributed by atoms with Crippen molar-refractivity contribution in [3.63, 3.8) is 0 Å². The zero-order valence-electron chi connectivity index (χ0n) is 18.5. The molecule has 0 radical (unpaired) electrons. The van der Waals surface area contributed by atoms with E-state index in [0.29, 0.717) is 18.0 Å². The first-order valence-corrected chi connectivity index (χ1v) is 11.6. The topological polar surface area (TPSA) is 108 Å². The highest BCUT2D eigenvalue weighted by Crippen LogP contribution is 2.21. The summed E-state index contributed by atoms with van der Waals surface area (Å²) in [5.41, 5.74) is 1.40. The second kappa shape index (κ2) is 10.7. The summed E-state index contributed by atoms with van der Waals surface area (Å²) < 4.78 is 7.97. The van der Waals surface area contributed by atoms with Crippen LogP contribution in [-0.4, -0.2) is 38.4 Å². The number of aromatic nitrogens is 4. The Kier molecular flexibility index (Phi) is 7.28. The van der Waals surface area contributed by atoms with E-state index >= 15 is 0 Å². The Bertz CT molecular complexity index is 1380. The van der Waals surface area contributed by atoms with Crippen LogP contribution in [0, 0.1) is 0 Å². The highest BCUT2D eigenvalue weighted by Gasteiger charge is 2.09. The number of nitrogens with zero attached hydrogens (tertiary/aromatic N) is 4. The van der Waals surface area contributed by atoms with Crippen LogP contribution in [0.15, 0.2) is 75.9 Å². The van der Waals surface area contributed by atoms with Gasteiger partial charge < -0.3 is 10.1 Å². The molecule has 0 aliphatic carbocycles. The lowest BCUT2D eigenvalue weighted by Crippen LogP contribution is -2.35. The summed E-state index contributed by atoms with van der Waals surface area (Å²) in [7, 11) is 0. The van der Waals surface area contributed by atoms with Crippen LogP contribution >= 0.6 is 11.3 Å². The molecular formula is C24H23N5O4S. The summed E-state index contributed by atoms with van der Waals surface area (Å²) in [5, 5.41) is 9.01. The quantitative estimate of drug-likeness (QED) is 0.397. The van der Waals surface area contributed by atoms with E-state index < -0.39 is 0 Å².